The smallest absolute Gasteiger partial charge is 0.326 e. The van der Waals surface area contributed by atoms with Crippen molar-refractivity contribution in [3.8, 4) is 5.88 Å². The largest absolute Gasteiger partial charge is 0.480 e. The van der Waals surface area contributed by atoms with Gasteiger partial charge in [0.25, 0.3) is 0 Å². The van der Waals surface area contributed by atoms with E-state index in [2.05, 4.69) is 9.97 Å². The number of benzene rings is 1. The highest BCUT2D eigenvalue weighted by atomic mass is 16.5. The molecule has 120 valence electrons. The first-order valence-electron chi connectivity index (χ1n) is 7.65. The van der Waals surface area contributed by atoms with Crippen LogP contribution in [0, 0.1) is 6.92 Å². The number of anilines is 1. The molecule has 1 saturated heterocycles. The lowest BCUT2D eigenvalue weighted by Gasteiger charge is -2.22. The van der Waals surface area contributed by atoms with Crippen LogP contribution in [0.15, 0.2) is 36.4 Å². The molecule has 0 bridgehead atoms. The maximum Gasteiger partial charge on any atom is 0.326 e. The van der Waals surface area contributed by atoms with Crippen molar-refractivity contribution < 1.29 is 14.6 Å². The molecule has 3 rings (SSSR count). The van der Waals surface area contributed by atoms with E-state index in [4.69, 9.17) is 4.74 Å². The lowest BCUT2D eigenvalue weighted by Crippen LogP contribution is -2.37. The van der Waals surface area contributed by atoms with E-state index in [1.54, 1.807) is 11.0 Å². The number of aryl methyl sites for hydroxylation is 1. The molecule has 0 radical (unpaired) electrons. The van der Waals surface area contributed by atoms with E-state index < -0.39 is 12.0 Å². The summed E-state index contributed by atoms with van der Waals surface area (Å²) in [5.74, 6) is 0.0599. The molecule has 0 saturated carbocycles. The molecule has 2 aromatic rings. The molecule has 1 fully saturated rings. The van der Waals surface area contributed by atoms with E-state index in [-0.39, 0.29) is 0 Å². The van der Waals surface area contributed by atoms with E-state index in [9.17, 15) is 9.90 Å². The number of hydrogen-bond acceptors (Lipinski definition) is 5. The van der Waals surface area contributed by atoms with Gasteiger partial charge in [0.1, 0.15) is 12.6 Å². The molecule has 6 heteroatoms. The van der Waals surface area contributed by atoms with Gasteiger partial charge in [0, 0.05) is 18.3 Å². The zero-order valence-corrected chi connectivity index (χ0v) is 13.0. The van der Waals surface area contributed by atoms with Crippen LogP contribution in [0.4, 0.5) is 5.95 Å². The van der Waals surface area contributed by atoms with Crippen LogP contribution in [0.5, 0.6) is 5.88 Å². The van der Waals surface area contributed by atoms with E-state index in [1.807, 2.05) is 37.3 Å². The van der Waals surface area contributed by atoms with Crippen molar-refractivity contribution in [3.63, 3.8) is 0 Å². The predicted octanol–water partition coefficient (Wildman–Crippen LogP) is 2.42. The van der Waals surface area contributed by atoms with Gasteiger partial charge in [-0.1, -0.05) is 30.3 Å². The quantitative estimate of drug-likeness (QED) is 0.913. The minimum Gasteiger partial charge on any atom is -0.480 e. The van der Waals surface area contributed by atoms with Gasteiger partial charge in [0.05, 0.1) is 0 Å². The second kappa shape index (κ2) is 6.64. The Bertz CT molecular complexity index is 691. The summed E-state index contributed by atoms with van der Waals surface area (Å²) in [5, 5.41) is 9.31. The Morgan fingerprint density at radius 3 is 2.87 bits per heavy atom. The van der Waals surface area contributed by atoms with Crippen LogP contribution < -0.4 is 9.64 Å². The Labute approximate surface area is 134 Å². The third kappa shape index (κ3) is 3.59. The second-order valence-corrected chi connectivity index (χ2v) is 5.61. The number of aromatic nitrogens is 2. The first-order valence-corrected chi connectivity index (χ1v) is 7.65. The molecule has 2 heterocycles. The van der Waals surface area contributed by atoms with Crippen LogP contribution in [-0.2, 0) is 11.4 Å². The summed E-state index contributed by atoms with van der Waals surface area (Å²) in [4.78, 5) is 21.8. The summed E-state index contributed by atoms with van der Waals surface area (Å²) in [5.41, 5.74) is 1.81. The molecule has 1 aromatic carbocycles. The zero-order valence-electron chi connectivity index (χ0n) is 13.0. The molecule has 0 unspecified atom stereocenters. The van der Waals surface area contributed by atoms with Crippen molar-refractivity contribution in [3.05, 3.63) is 47.7 Å². The van der Waals surface area contributed by atoms with Gasteiger partial charge in [0.15, 0.2) is 0 Å². The number of carboxylic acid groups (broad SMARTS) is 1. The SMILES string of the molecule is Cc1cc(OCc2ccccc2)nc(N2CCC[C@@H]2C(=O)O)n1. The molecule has 0 aliphatic carbocycles. The summed E-state index contributed by atoms with van der Waals surface area (Å²) in [7, 11) is 0. The van der Waals surface area contributed by atoms with Gasteiger partial charge in [-0.15, -0.1) is 0 Å². The summed E-state index contributed by atoms with van der Waals surface area (Å²) >= 11 is 0. The molecular weight excluding hydrogens is 294 g/mol. The first-order chi connectivity index (χ1) is 11.1. The number of carbonyl (C=O) groups is 1. The monoisotopic (exact) mass is 313 g/mol. The Morgan fingerprint density at radius 1 is 1.35 bits per heavy atom. The number of rotatable bonds is 5. The van der Waals surface area contributed by atoms with Crippen molar-refractivity contribution in [1.29, 1.82) is 0 Å². The van der Waals surface area contributed by atoms with E-state index >= 15 is 0 Å². The van der Waals surface area contributed by atoms with Crippen LogP contribution in [0.3, 0.4) is 0 Å². The highest BCUT2D eigenvalue weighted by molar-refractivity contribution is 5.78. The fourth-order valence-electron chi connectivity index (χ4n) is 2.72. The summed E-state index contributed by atoms with van der Waals surface area (Å²) in [6.07, 6.45) is 1.45. The highest BCUT2D eigenvalue weighted by Gasteiger charge is 2.32. The van der Waals surface area contributed by atoms with Crippen LogP contribution in [0.2, 0.25) is 0 Å². The van der Waals surface area contributed by atoms with E-state index in [1.165, 1.54) is 0 Å². The molecule has 1 aromatic heterocycles. The number of aliphatic carboxylic acids is 1. The van der Waals surface area contributed by atoms with Gasteiger partial charge in [-0.2, -0.15) is 4.98 Å². The van der Waals surface area contributed by atoms with Crippen LogP contribution >= 0.6 is 0 Å². The molecule has 0 spiro atoms. The maximum atomic E-state index is 11.3. The van der Waals surface area contributed by atoms with E-state index in [0.29, 0.717) is 31.4 Å². The number of nitrogens with zero attached hydrogens (tertiary/aromatic N) is 3. The summed E-state index contributed by atoms with van der Waals surface area (Å²) < 4.78 is 5.74. The van der Waals surface area contributed by atoms with Gasteiger partial charge in [-0.3, -0.25) is 0 Å². The van der Waals surface area contributed by atoms with Crippen molar-refractivity contribution in [2.45, 2.75) is 32.4 Å². The lowest BCUT2D eigenvalue weighted by atomic mass is 10.2. The molecule has 1 aliphatic heterocycles. The Morgan fingerprint density at radius 2 is 2.13 bits per heavy atom. The lowest BCUT2D eigenvalue weighted by molar-refractivity contribution is -0.138. The first kappa shape index (κ1) is 15.3. The second-order valence-electron chi connectivity index (χ2n) is 5.61. The molecule has 1 N–H and O–H groups in total. The number of ether oxygens (including phenoxy) is 1. The minimum atomic E-state index is -0.834. The maximum absolute atomic E-state index is 11.3. The fraction of sp³-hybridized carbons (Fsp3) is 0.353. The van der Waals surface area contributed by atoms with Crippen LogP contribution in [-0.4, -0.2) is 33.6 Å². The zero-order chi connectivity index (χ0) is 16.2. The molecule has 0 amide bonds. The third-order valence-electron chi connectivity index (χ3n) is 3.84. The van der Waals surface area contributed by atoms with Crippen molar-refractivity contribution in [2.75, 3.05) is 11.4 Å². The van der Waals surface area contributed by atoms with Gasteiger partial charge in [-0.05, 0) is 25.3 Å². The number of carboxylic acids is 1. The van der Waals surface area contributed by atoms with Crippen LogP contribution in [0.1, 0.15) is 24.1 Å². The predicted molar refractivity (Wildman–Crippen MR) is 85.5 cm³/mol. The average Bonchev–Trinajstić information content (AvgIpc) is 3.03. The fourth-order valence-corrected chi connectivity index (χ4v) is 2.72. The Balaban J connectivity index is 1.78. The molecular formula is C17H19N3O3. The molecule has 1 aliphatic rings. The molecule has 23 heavy (non-hydrogen) atoms. The summed E-state index contributed by atoms with van der Waals surface area (Å²) in [6.45, 7) is 2.92. The third-order valence-corrected chi connectivity index (χ3v) is 3.84. The van der Waals surface area contributed by atoms with Gasteiger partial charge >= 0.3 is 5.97 Å². The average molecular weight is 313 g/mol. The van der Waals surface area contributed by atoms with E-state index in [0.717, 1.165) is 17.7 Å². The van der Waals surface area contributed by atoms with Crippen molar-refractivity contribution in [1.82, 2.24) is 9.97 Å². The normalized spacial score (nSPS) is 17.3. The van der Waals surface area contributed by atoms with Gasteiger partial charge in [-0.25, -0.2) is 9.78 Å². The van der Waals surface area contributed by atoms with Crippen molar-refractivity contribution >= 4 is 11.9 Å². The Kier molecular flexibility index (Phi) is 4.41. The number of hydrogen-bond donors (Lipinski definition) is 1. The standard InChI is InChI=1S/C17H19N3O3/c1-12-10-15(23-11-13-6-3-2-4-7-13)19-17(18-12)20-9-5-8-14(20)16(21)22/h2-4,6-7,10,14H,5,8-9,11H2,1H3,(H,21,22)/t14-/m1/s1. The molecule has 6 nitrogen and oxygen atoms in total. The van der Waals surface area contributed by atoms with Gasteiger partial charge in [0.2, 0.25) is 11.8 Å². The summed E-state index contributed by atoms with van der Waals surface area (Å²) in [6, 6.07) is 11.0. The topological polar surface area (TPSA) is 75.5 Å². The minimum absolute atomic E-state index is 0.416. The Hall–Kier alpha value is -2.63. The van der Waals surface area contributed by atoms with Crippen LogP contribution in [0.25, 0.3) is 0 Å². The van der Waals surface area contributed by atoms with Crippen molar-refractivity contribution in [2.24, 2.45) is 0 Å². The van der Waals surface area contributed by atoms with Gasteiger partial charge < -0.3 is 14.7 Å². The molecule has 1 atom stereocenters. The highest BCUT2D eigenvalue weighted by Crippen LogP contribution is 2.25.